The van der Waals surface area contributed by atoms with Gasteiger partial charge in [-0.25, -0.2) is 14.8 Å². The molecule has 1 fully saturated rings. The highest BCUT2D eigenvalue weighted by Gasteiger charge is 2.19. The number of ether oxygens (including phenoxy) is 1. The lowest BCUT2D eigenvalue weighted by atomic mass is 10.0. The van der Waals surface area contributed by atoms with Crippen LogP contribution < -0.4 is 5.32 Å². The number of urea groups is 1. The second kappa shape index (κ2) is 7.10. The van der Waals surface area contributed by atoms with Gasteiger partial charge < -0.3 is 9.64 Å². The summed E-state index contributed by atoms with van der Waals surface area (Å²) < 4.78 is 5.45. The number of fused-ring (bicyclic) bond motifs is 1. The Labute approximate surface area is 139 Å². The third-order valence-electron chi connectivity index (χ3n) is 3.89. The second-order valence-corrected chi connectivity index (χ2v) is 6.16. The summed E-state index contributed by atoms with van der Waals surface area (Å²) in [6, 6.07) is 6.98. The van der Waals surface area contributed by atoms with Crippen molar-refractivity contribution >= 4 is 34.5 Å². The molecule has 7 heteroatoms. The molecule has 3 rings (SSSR count). The number of anilines is 1. The molecule has 1 saturated heterocycles. The van der Waals surface area contributed by atoms with E-state index in [1.165, 1.54) is 0 Å². The van der Waals surface area contributed by atoms with Crippen molar-refractivity contribution in [2.75, 3.05) is 32.1 Å². The third-order valence-corrected chi connectivity index (χ3v) is 4.10. The monoisotopic (exact) mass is 334 g/mol. The Morgan fingerprint density at radius 3 is 3.00 bits per heavy atom. The number of pyridine rings is 2. The summed E-state index contributed by atoms with van der Waals surface area (Å²) in [6.45, 7) is 2.21. The molecule has 3 heterocycles. The number of amides is 2. The molecule has 0 radical (unpaired) electrons. The Kier molecular flexibility index (Phi) is 4.93. The van der Waals surface area contributed by atoms with Gasteiger partial charge in [0.15, 0.2) is 5.65 Å². The largest absolute Gasteiger partial charge is 0.381 e. The molecular formula is C16H19ClN4O2. The van der Waals surface area contributed by atoms with Crippen LogP contribution in [0.5, 0.6) is 0 Å². The summed E-state index contributed by atoms with van der Waals surface area (Å²) in [5.74, 6) is 0.855. The van der Waals surface area contributed by atoms with Crippen LogP contribution in [0.2, 0.25) is 5.15 Å². The van der Waals surface area contributed by atoms with Crippen LogP contribution in [-0.4, -0.2) is 47.7 Å². The minimum absolute atomic E-state index is 0.190. The number of carbonyl (C=O) groups excluding carboxylic acids is 1. The molecule has 0 aromatic carbocycles. The summed E-state index contributed by atoms with van der Waals surface area (Å²) in [7, 11) is 1.78. The van der Waals surface area contributed by atoms with E-state index in [1.807, 2.05) is 12.1 Å². The number of nitrogens with zero attached hydrogens (tertiary/aromatic N) is 3. The molecule has 0 spiro atoms. The fourth-order valence-electron chi connectivity index (χ4n) is 2.67. The maximum absolute atomic E-state index is 12.3. The van der Waals surface area contributed by atoms with Crippen molar-refractivity contribution in [3.63, 3.8) is 0 Å². The fraction of sp³-hybridized carbons (Fsp3) is 0.438. The Bertz CT molecular complexity index is 704. The van der Waals surface area contributed by atoms with Gasteiger partial charge in [0.25, 0.3) is 0 Å². The first-order valence-electron chi connectivity index (χ1n) is 7.65. The van der Waals surface area contributed by atoms with Gasteiger partial charge in [-0.05, 0) is 37.1 Å². The zero-order valence-corrected chi connectivity index (χ0v) is 13.7. The standard InChI is InChI=1S/C16H19ClN4O2/c1-21(9-11-3-2-8-23-10-11)16(22)20-14-7-5-12-4-6-13(17)18-15(12)19-14/h4-7,11H,2-3,8-10H2,1H3,(H,18,19,20,22). The van der Waals surface area contributed by atoms with Gasteiger partial charge in [0.1, 0.15) is 11.0 Å². The second-order valence-electron chi connectivity index (χ2n) is 5.77. The molecule has 1 aliphatic heterocycles. The van der Waals surface area contributed by atoms with Gasteiger partial charge in [-0.1, -0.05) is 11.6 Å². The Morgan fingerprint density at radius 2 is 2.22 bits per heavy atom. The van der Waals surface area contributed by atoms with Gasteiger partial charge in [0.05, 0.1) is 6.61 Å². The normalized spacial score (nSPS) is 17.9. The lowest BCUT2D eigenvalue weighted by Crippen LogP contribution is -2.37. The van der Waals surface area contributed by atoms with Crippen LogP contribution in [0.15, 0.2) is 24.3 Å². The zero-order chi connectivity index (χ0) is 16.2. The van der Waals surface area contributed by atoms with E-state index in [4.69, 9.17) is 16.3 Å². The first-order valence-corrected chi connectivity index (χ1v) is 8.03. The van der Waals surface area contributed by atoms with E-state index in [0.29, 0.717) is 35.7 Å². The van der Waals surface area contributed by atoms with Crippen LogP contribution in [-0.2, 0) is 4.74 Å². The summed E-state index contributed by atoms with van der Waals surface area (Å²) in [6.07, 6.45) is 2.15. The number of aromatic nitrogens is 2. The SMILES string of the molecule is CN(CC1CCCOC1)C(=O)Nc1ccc2ccc(Cl)nc2n1. The van der Waals surface area contributed by atoms with E-state index in [1.54, 1.807) is 24.1 Å². The smallest absolute Gasteiger partial charge is 0.322 e. The first kappa shape index (κ1) is 16.0. The van der Waals surface area contributed by atoms with Gasteiger partial charge in [-0.15, -0.1) is 0 Å². The number of hydrogen-bond donors (Lipinski definition) is 1. The van der Waals surface area contributed by atoms with E-state index in [2.05, 4.69) is 15.3 Å². The predicted molar refractivity (Wildman–Crippen MR) is 89.7 cm³/mol. The summed E-state index contributed by atoms with van der Waals surface area (Å²) >= 11 is 5.88. The van der Waals surface area contributed by atoms with Crippen molar-refractivity contribution in [2.45, 2.75) is 12.8 Å². The molecule has 0 aliphatic carbocycles. The average molecular weight is 335 g/mol. The number of carbonyl (C=O) groups is 1. The van der Waals surface area contributed by atoms with E-state index >= 15 is 0 Å². The number of nitrogens with one attached hydrogen (secondary N) is 1. The maximum atomic E-state index is 12.3. The molecular weight excluding hydrogens is 316 g/mol. The quantitative estimate of drug-likeness (QED) is 0.875. The Balaban J connectivity index is 1.64. The van der Waals surface area contributed by atoms with Gasteiger partial charge in [0, 0.05) is 31.5 Å². The summed E-state index contributed by atoms with van der Waals surface area (Å²) in [5.41, 5.74) is 0.513. The molecule has 0 bridgehead atoms. The van der Waals surface area contributed by atoms with Crippen LogP contribution in [0, 0.1) is 5.92 Å². The number of rotatable bonds is 3. The van der Waals surface area contributed by atoms with Crippen molar-refractivity contribution in [3.8, 4) is 0 Å². The molecule has 2 aromatic rings. The molecule has 1 unspecified atom stereocenters. The van der Waals surface area contributed by atoms with Crippen molar-refractivity contribution in [2.24, 2.45) is 5.92 Å². The highest BCUT2D eigenvalue weighted by molar-refractivity contribution is 6.29. The molecule has 1 aliphatic rings. The lowest BCUT2D eigenvalue weighted by Gasteiger charge is -2.27. The Morgan fingerprint density at radius 1 is 1.39 bits per heavy atom. The highest BCUT2D eigenvalue weighted by Crippen LogP contribution is 2.17. The molecule has 2 aromatic heterocycles. The van der Waals surface area contributed by atoms with E-state index in [9.17, 15) is 4.79 Å². The van der Waals surface area contributed by atoms with Crippen LogP contribution in [0.3, 0.4) is 0 Å². The van der Waals surface area contributed by atoms with Crippen LogP contribution in [0.1, 0.15) is 12.8 Å². The van der Waals surface area contributed by atoms with Crippen molar-refractivity contribution < 1.29 is 9.53 Å². The van der Waals surface area contributed by atoms with Gasteiger partial charge in [-0.3, -0.25) is 5.32 Å². The predicted octanol–water partition coefficient (Wildman–Crippen LogP) is 3.17. The van der Waals surface area contributed by atoms with Gasteiger partial charge in [0.2, 0.25) is 0 Å². The van der Waals surface area contributed by atoms with Crippen molar-refractivity contribution in [1.82, 2.24) is 14.9 Å². The fourth-order valence-corrected chi connectivity index (χ4v) is 2.82. The minimum atomic E-state index is -0.190. The van der Waals surface area contributed by atoms with Crippen LogP contribution >= 0.6 is 11.6 Å². The number of hydrogen-bond acceptors (Lipinski definition) is 4. The molecule has 0 saturated carbocycles. The first-order chi connectivity index (χ1) is 11.1. The highest BCUT2D eigenvalue weighted by atomic mass is 35.5. The third kappa shape index (κ3) is 4.09. The van der Waals surface area contributed by atoms with E-state index in [0.717, 1.165) is 24.8 Å². The molecule has 6 nitrogen and oxygen atoms in total. The molecule has 2 amide bonds. The van der Waals surface area contributed by atoms with Crippen molar-refractivity contribution in [3.05, 3.63) is 29.4 Å². The molecule has 1 N–H and O–H groups in total. The van der Waals surface area contributed by atoms with Gasteiger partial charge >= 0.3 is 6.03 Å². The average Bonchev–Trinajstić information content (AvgIpc) is 2.55. The molecule has 122 valence electrons. The summed E-state index contributed by atoms with van der Waals surface area (Å²) in [5, 5.41) is 4.05. The van der Waals surface area contributed by atoms with Crippen LogP contribution in [0.4, 0.5) is 10.6 Å². The number of halogens is 1. The summed E-state index contributed by atoms with van der Waals surface area (Å²) in [4.78, 5) is 22.4. The topological polar surface area (TPSA) is 67.3 Å². The van der Waals surface area contributed by atoms with Crippen LogP contribution in [0.25, 0.3) is 11.0 Å². The zero-order valence-electron chi connectivity index (χ0n) is 13.0. The minimum Gasteiger partial charge on any atom is -0.381 e. The van der Waals surface area contributed by atoms with Gasteiger partial charge in [-0.2, -0.15) is 0 Å². The van der Waals surface area contributed by atoms with Crippen molar-refractivity contribution in [1.29, 1.82) is 0 Å². The molecule has 1 atom stereocenters. The maximum Gasteiger partial charge on any atom is 0.322 e. The van der Waals surface area contributed by atoms with E-state index < -0.39 is 0 Å². The lowest BCUT2D eigenvalue weighted by molar-refractivity contribution is 0.0464. The molecule has 23 heavy (non-hydrogen) atoms. The Hall–Kier alpha value is -1.92. The van der Waals surface area contributed by atoms with E-state index in [-0.39, 0.29) is 6.03 Å².